The van der Waals surface area contributed by atoms with Gasteiger partial charge in [-0.05, 0) is 25.2 Å². The van der Waals surface area contributed by atoms with Gasteiger partial charge in [-0.15, -0.1) is 0 Å². The average Bonchev–Trinajstić information content (AvgIpc) is 2.49. The zero-order valence-corrected chi connectivity index (χ0v) is 8.71. The molecule has 1 aliphatic carbocycles. The van der Waals surface area contributed by atoms with Crippen LogP contribution < -0.4 is 5.73 Å². The van der Waals surface area contributed by atoms with Gasteiger partial charge in [0.15, 0.2) is 0 Å². The highest BCUT2D eigenvalue weighted by Gasteiger charge is 2.36. The highest BCUT2D eigenvalue weighted by Crippen LogP contribution is 2.36. The Hall–Kier alpha value is -0.120. The summed E-state index contributed by atoms with van der Waals surface area (Å²) in [4.78, 5) is 0. The van der Waals surface area contributed by atoms with Crippen LogP contribution in [0, 0.1) is 5.92 Å². The van der Waals surface area contributed by atoms with Crippen molar-refractivity contribution < 1.29 is 9.47 Å². The van der Waals surface area contributed by atoms with E-state index in [1.807, 2.05) is 0 Å². The molecule has 1 aliphatic rings. The van der Waals surface area contributed by atoms with Crippen molar-refractivity contribution in [3.63, 3.8) is 0 Å². The molecule has 2 unspecified atom stereocenters. The zero-order chi connectivity index (χ0) is 9.73. The van der Waals surface area contributed by atoms with E-state index >= 15 is 0 Å². The smallest absolute Gasteiger partial charge is 0.0807 e. The summed E-state index contributed by atoms with van der Waals surface area (Å²) in [6.07, 6.45) is 3.45. The second-order valence-electron chi connectivity index (χ2n) is 4.08. The van der Waals surface area contributed by atoms with Crippen LogP contribution in [0.25, 0.3) is 0 Å². The van der Waals surface area contributed by atoms with Crippen LogP contribution >= 0.6 is 0 Å². The zero-order valence-electron chi connectivity index (χ0n) is 8.71. The molecule has 0 radical (unpaired) electrons. The third kappa shape index (κ3) is 2.93. The minimum atomic E-state index is -0.0437. The fourth-order valence-corrected chi connectivity index (χ4v) is 2.07. The molecule has 0 aromatic carbocycles. The van der Waals surface area contributed by atoms with Crippen molar-refractivity contribution in [3.05, 3.63) is 0 Å². The lowest BCUT2D eigenvalue weighted by Crippen LogP contribution is -2.39. The van der Waals surface area contributed by atoms with Crippen molar-refractivity contribution in [2.75, 3.05) is 26.9 Å². The van der Waals surface area contributed by atoms with Crippen molar-refractivity contribution in [3.8, 4) is 0 Å². The number of hydrogen-bond acceptors (Lipinski definition) is 3. The number of ether oxygens (including phenoxy) is 2. The molecule has 0 aromatic rings. The minimum Gasteiger partial charge on any atom is -0.382 e. The molecule has 0 heterocycles. The van der Waals surface area contributed by atoms with E-state index in [-0.39, 0.29) is 5.60 Å². The minimum absolute atomic E-state index is 0.0437. The molecule has 0 saturated heterocycles. The highest BCUT2D eigenvalue weighted by atomic mass is 16.5. The summed E-state index contributed by atoms with van der Waals surface area (Å²) in [5, 5.41) is 0. The Kier molecular flexibility index (Phi) is 4.16. The van der Waals surface area contributed by atoms with Gasteiger partial charge in [0.05, 0.1) is 18.8 Å². The summed E-state index contributed by atoms with van der Waals surface area (Å²) >= 11 is 0. The van der Waals surface area contributed by atoms with Gasteiger partial charge in [-0.25, -0.2) is 0 Å². The first-order valence-corrected chi connectivity index (χ1v) is 5.05. The predicted molar refractivity (Wildman–Crippen MR) is 52.6 cm³/mol. The summed E-state index contributed by atoms with van der Waals surface area (Å²) in [5.41, 5.74) is 5.70. The summed E-state index contributed by atoms with van der Waals surface area (Å²) in [6, 6.07) is 0. The van der Waals surface area contributed by atoms with E-state index in [9.17, 15) is 0 Å². The normalized spacial score (nSPS) is 33.9. The van der Waals surface area contributed by atoms with Crippen LogP contribution in [0.1, 0.15) is 26.2 Å². The van der Waals surface area contributed by atoms with Crippen LogP contribution in [0.3, 0.4) is 0 Å². The van der Waals surface area contributed by atoms with Gasteiger partial charge in [0.1, 0.15) is 0 Å². The van der Waals surface area contributed by atoms with E-state index in [1.54, 1.807) is 7.11 Å². The topological polar surface area (TPSA) is 44.5 Å². The van der Waals surface area contributed by atoms with E-state index in [2.05, 4.69) is 6.92 Å². The van der Waals surface area contributed by atoms with Gasteiger partial charge in [-0.2, -0.15) is 0 Å². The van der Waals surface area contributed by atoms with E-state index in [4.69, 9.17) is 15.2 Å². The van der Waals surface area contributed by atoms with Crippen LogP contribution in [-0.4, -0.2) is 32.5 Å². The molecule has 2 atom stereocenters. The molecule has 0 aromatic heterocycles. The Balaban J connectivity index is 2.32. The maximum atomic E-state index is 5.80. The lowest BCUT2D eigenvalue weighted by Gasteiger charge is -2.27. The molecule has 0 aliphatic heterocycles. The number of nitrogens with two attached hydrogens (primary N) is 1. The molecule has 13 heavy (non-hydrogen) atoms. The molecular weight excluding hydrogens is 166 g/mol. The van der Waals surface area contributed by atoms with E-state index < -0.39 is 0 Å². The van der Waals surface area contributed by atoms with Crippen molar-refractivity contribution in [2.24, 2.45) is 11.7 Å². The van der Waals surface area contributed by atoms with E-state index in [0.29, 0.717) is 19.8 Å². The maximum absolute atomic E-state index is 5.80. The fraction of sp³-hybridized carbons (Fsp3) is 1.00. The molecule has 1 saturated carbocycles. The van der Waals surface area contributed by atoms with Crippen LogP contribution in [0.2, 0.25) is 0 Å². The third-order valence-electron chi connectivity index (χ3n) is 2.88. The lowest BCUT2D eigenvalue weighted by molar-refractivity contribution is -0.0544. The third-order valence-corrected chi connectivity index (χ3v) is 2.88. The van der Waals surface area contributed by atoms with Crippen LogP contribution in [0.4, 0.5) is 0 Å². The van der Waals surface area contributed by atoms with Crippen LogP contribution in [0.5, 0.6) is 0 Å². The second-order valence-corrected chi connectivity index (χ2v) is 4.08. The van der Waals surface area contributed by atoms with Gasteiger partial charge in [0, 0.05) is 13.7 Å². The Labute approximate surface area is 80.6 Å². The Morgan fingerprint density at radius 2 is 2.23 bits per heavy atom. The van der Waals surface area contributed by atoms with Gasteiger partial charge >= 0.3 is 0 Å². The quantitative estimate of drug-likeness (QED) is 0.657. The first-order valence-electron chi connectivity index (χ1n) is 5.05. The molecule has 3 nitrogen and oxygen atoms in total. The molecule has 1 fully saturated rings. The van der Waals surface area contributed by atoms with E-state index in [0.717, 1.165) is 18.8 Å². The fourth-order valence-electron chi connectivity index (χ4n) is 2.07. The monoisotopic (exact) mass is 187 g/mol. The summed E-state index contributed by atoms with van der Waals surface area (Å²) in [7, 11) is 1.69. The Morgan fingerprint density at radius 3 is 2.69 bits per heavy atom. The van der Waals surface area contributed by atoms with Crippen molar-refractivity contribution in [1.82, 2.24) is 0 Å². The number of methoxy groups -OCH3 is 1. The van der Waals surface area contributed by atoms with Crippen molar-refractivity contribution in [1.29, 1.82) is 0 Å². The van der Waals surface area contributed by atoms with Gasteiger partial charge < -0.3 is 15.2 Å². The number of rotatable bonds is 5. The summed E-state index contributed by atoms with van der Waals surface area (Å²) in [6.45, 7) is 4.23. The largest absolute Gasteiger partial charge is 0.382 e. The molecule has 0 amide bonds. The molecule has 3 heteroatoms. The summed E-state index contributed by atoms with van der Waals surface area (Å²) in [5.74, 6) is 0.756. The Morgan fingerprint density at radius 1 is 1.46 bits per heavy atom. The van der Waals surface area contributed by atoms with Crippen LogP contribution in [-0.2, 0) is 9.47 Å². The van der Waals surface area contributed by atoms with Crippen LogP contribution in [0.15, 0.2) is 0 Å². The Bertz CT molecular complexity index is 152. The van der Waals surface area contributed by atoms with Crippen molar-refractivity contribution >= 4 is 0 Å². The average molecular weight is 187 g/mol. The van der Waals surface area contributed by atoms with Gasteiger partial charge in [-0.1, -0.05) is 6.92 Å². The van der Waals surface area contributed by atoms with E-state index in [1.165, 1.54) is 6.42 Å². The molecule has 2 N–H and O–H groups in total. The SMILES string of the molecule is COCCOC1(CN)CCC(C)C1. The maximum Gasteiger partial charge on any atom is 0.0807 e. The lowest BCUT2D eigenvalue weighted by atomic mass is 10.0. The molecule has 78 valence electrons. The molecule has 1 rings (SSSR count). The number of hydrogen-bond donors (Lipinski definition) is 1. The predicted octanol–water partition coefficient (Wildman–Crippen LogP) is 1.17. The highest BCUT2D eigenvalue weighted by molar-refractivity contribution is 4.90. The molecule has 0 spiro atoms. The summed E-state index contributed by atoms with van der Waals surface area (Å²) < 4.78 is 10.8. The van der Waals surface area contributed by atoms with Crippen molar-refractivity contribution in [2.45, 2.75) is 31.8 Å². The standard InChI is InChI=1S/C10H21NO2/c1-9-3-4-10(7-9,8-11)13-6-5-12-2/h9H,3-8,11H2,1-2H3. The van der Waals surface area contributed by atoms with Gasteiger partial charge in [0.2, 0.25) is 0 Å². The second kappa shape index (κ2) is 4.94. The van der Waals surface area contributed by atoms with Gasteiger partial charge in [0.25, 0.3) is 0 Å². The first kappa shape index (κ1) is 11.0. The molecular formula is C10H21NO2. The van der Waals surface area contributed by atoms with Gasteiger partial charge in [-0.3, -0.25) is 0 Å². The first-order chi connectivity index (χ1) is 6.22. The molecule has 0 bridgehead atoms.